The van der Waals surface area contributed by atoms with E-state index in [0.717, 1.165) is 12.1 Å². The number of hydrogen-bond donors (Lipinski definition) is 2. The Hall–Kier alpha value is -7.92. The standard InChI is InChI=1S/C43H29N.C15H16N2.CH3N/c1-28-18-20-29(21-19-28)30-22-25-39-40(26-30)35-13-6-5-12-34(35)38-16-9-15-33(43(38)39)31-23-24-37-36-14-7-8-17-41(36)44(42(37)27-31)32-10-3-2-4-11-32;1-16-15(14-10-6-3-7-11-14)17-12-13-8-4-2-5-9-13;1-2/h2-27H,1H3;2-11,15,17H,1,12H2;2H,1H2. The van der Waals surface area contributed by atoms with Gasteiger partial charge in [0.15, 0.2) is 0 Å². The molecule has 0 radical (unpaired) electrons. The van der Waals surface area contributed by atoms with Crippen LogP contribution in [0.15, 0.2) is 223 Å². The van der Waals surface area contributed by atoms with Crippen LogP contribution in [0.3, 0.4) is 0 Å². The lowest BCUT2D eigenvalue weighted by molar-refractivity contribution is 0.557. The van der Waals surface area contributed by atoms with E-state index >= 15 is 0 Å². The van der Waals surface area contributed by atoms with Gasteiger partial charge in [0.1, 0.15) is 6.17 Å². The molecule has 0 aliphatic heterocycles. The lowest BCUT2D eigenvalue weighted by atomic mass is 9.88. The molecule has 0 saturated carbocycles. The van der Waals surface area contributed by atoms with E-state index in [2.05, 4.69) is 217 Å². The molecule has 0 aliphatic rings. The molecule has 0 amide bonds. The lowest BCUT2D eigenvalue weighted by Crippen LogP contribution is -2.18. The first-order valence-corrected chi connectivity index (χ1v) is 21.3. The minimum Gasteiger partial charge on any atom is -0.317 e. The maximum Gasteiger partial charge on any atom is 0.125 e. The van der Waals surface area contributed by atoms with E-state index in [-0.39, 0.29) is 6.17 Å². The number of nitrogens with zero attached hydrogens (tertiary/aromatic N) is 2. The average Bonchev–Trinajstić information content (AvgIpc) is 3.69. The normalized spacial score (nSPS) is 11.5. The molecule has 11 aromatic rings. The number of aromatic nitrogens is 1. The van der Waals surface area contributed by atoms with Crippen LogP contribution >= 0.6 is 0 Å². The summed E-state index contributed by atoms with van der Waals surface area (Å²) >= 11 is 0. The molecule has 10 aromatic carbocycles. The first-order chi connectivity index (χ1) is 31.1. The van der Waals surface area contributed by atoms with Crippen LogP contribution in [0, 0.1) is 12.3 Å². The maximum absolute atomic E-state index is 5.50. The average molecular weight is 813 g/mol. The van der Waals surface area contributed by atoms with Crippen LogP contribution in [0.25, 0.3) is 82.1 Å². The van der Waals surface area contributed by atoms with Crippen LogP contribution in [0.1, 0.15) is 22.9 Å². The summed E-state index contributed by atoms with van der Waals surface area (Å²) in [5, 5.41) is 19.2. The van der Waals surface area contributed by atoms with Crippen molar-refractivity contribution >= 4 is 67.6 Å². The monoisotopic (exact) mass is 812 g/mol. The molecular weight excluding hydrogens is 765 g/mol. The molecule has 0 spiro atoms. The Morgan fingerprint density at radius 2 is 1.02 bits per heavy atom. The molecule has 4 heteroatoms. The third kappa shape index (κ3) is 8.04. The third-order valence-corrected chi connectivity index (χ3v) is 11.9. The zero-order valence-corrected chi connectivity index (χ0v) is 35.4. The SMILES string of the molecule is C=N.C=NC(NCc1ccccc1)c1ccccc1.Cc1ccc(-c2ccc3c(c2)c2ccccc2c2cccc(-c4ccc5c6ccccc6n(-c6ccccc6)c5c4)c23)cc1. The maximum atomic E-state index is 5.50. The molecule has 0 aliphatic carbocycles. The van der Waals surface area contributed by atoms with E-state index in [1.807, 2.05) is 36.4 Å². The van der Waals surface area contributed by atoms with Crippen LogP contribution in [0.4, 0.5) is 0 Å². The zero-order valence-electron chi connectivity index (χ0n) is 35.4. The van der Waals surface area contributed by atoms with Gasteiger partial charge in [-0.2, -0.15) is 0 Å². The number of fused-ring (bicyclic) bond motifs is 9. The van der Waals surface area contributed by atoms with E-state index in [4.69, 9.17) is 5.41 Å². The molecule has 2 N–H and O–H groups in total. The number of rotatable bonds is 8. The van der Waals surface area contributed by atoms with Gasteiger partial charge in [-0.3, -0.25) is 10.3 Å². The minimum atomic E-state index is -0.0450. The Bertz CT molecular complexity index is 3340. The number of benzene rings is 10. The zero-order chi connectivity index (χ0) is 43.1. The van der Waals surface area contributed by atoms with E-state index in [1.165, 1.54) is 93.2 Å². The summed E-state index contributed by atoms with van der Waals surface area (Å²) in [6.45, 7) is 9.07. The summed E-state index contributed by atoms with van der Waals surface area (Å²) < 4.78 is 2.40. The van der Waals surface area contributed by atoms with Gasteiger partial charge in [-0.25, -0.2) is 0 Å². The molecule has 1 unspecified atom stereocenters. The summed E-state index contributed by atoms with van der Waals surface area (Å²) in [5.74, 6) is 0. The summed E-state index contributed by atoms with van der Waals surface area (Å²) in [5.41, 5.74) is 12.3. The predicted octanol–water partition coefficient (Wildman–Crippen LogP) is 15.3. The number of nitrogens with one attached hydrogen (secondary N) is 2. The van der Waals surface area contributed by atoms with Gasteiger partial charge in [0.25, 0.3) is 0 Å². The lowest BCUT2D eigenvalue weighted by Gasteiger charge is -2.16. The van der Waals surface area contributed by atoms with Gasteiger partial charge in [-0.1, -0.05) is 194 Å². The fourth-order valence-electron chi connectivity index (χ4n) is 8.90. The van der Waals surface area contributed by atoms with Crippen molar-refractivity contribution in [1.82, 2.24) is 9.88 Å². The van der Waals surface area contributed by atoms with Crippen LogP contribution in [0.2, 0.25) is 0 Å². The van der Waals surface area contributed by atoms with E-state index in [0.29, 0.717) is 0 Å². The molecular formula is C59H48N4. The highest BCUT2D eigenvalue weighted by molar-refractivity contribution is 6.29. The summed E-state index contributed by atoms with van der Waals surface area (Å²) in [4.78, 5) is 4.11. The van der Waals surface area contributed by atoms with Crippen LogP contribution < -0.4 is 5.32 Å². The molecule has 0 bridgehead atoms. The van der Waals surface area contributed by atoms with Crippen molar-refractivity contribution in [3.05, 3.63) is 235 Å². The van der Waals surface area contributed by atoms with Crippen molar-refractivity contribution in [2.24, 2.45) is 4.99 Å². The van der Waals surface area contributed by atoms with Crippen LogP contribution in [0.5, 0.6) is 0 Å². The van der Waals surface area contributed by atoms with Gasteiger partial charge < -0.3 is 9.98 Å². The first kappa shape index (κ1) is 40.5. The van der Waals surface area contributed by atoms with E-state index in [9.17, 15) is 0 Å². The Labute approximate surface area is 369 Å². The molecule has 1 heterocycles. The number of para-hydroxylation sites is 2. The van der Waals surface area contributed by atoms with E-state index < -0.39 is 0 Å². The Kier molecular flexibility index (Phi) is 11.8. The Balaban J connectivity index is 0.000000223. The molecule has 63 heavy (non-hydrogen) atoms. The fraction of sp³-hybridized carbons (Fsp3) is 0.0508. The molecule has 1 aromatic heterocycles. The van der Waals surface area contributed by atoms with Gasteiger partial charge >= 0.3 is 0 Å². The van der Waals surface area contributed by atoms with Gasteiger partial charge in [0.05, 0.1) is 11.0 Å². The molecule has 11 rings (SSSR count). The second kappa shape index (κ2) is 18.4. The second-order valence-electron chi connectivity index (χ2n) is 15.7. The van der Waals surface area contributed by atoms with Crippen molar-refractivity contribution in [2.75, 3.05) is 0 Å². The van der Waals surface area contributed by atoms with Crippen molar-refractivity contribution in [2.45, 2.75) is 19.6 Å². The molecule has 0 saturated heterocycles. The fourth-order valence-corrected chi connectivity index (χ4v) is 8.90. The molecule has 0 fully saturated rings. The quantitative estimate of drug-likeness (QED) is 0.117. The van der Waals surface area contributed by atoms with Crippen molar-refractivity contribution in [3.8, 4) is 27.9 Å². The third-order valence-electron chi connectivity index (χ3n) is 11.9. The topological polar surface area (TPSA) is 53.2 Å². The highest BCUT2D eigenvalue weighted by atomic mass is 15.1. The number of hydrogen-bond acceptors (Lipinski definition) is 3. The molecule has 304 valence electrons. The predicted molar refractivity (Wildman–Crippen MR) is 271 cm³/mol. The summed E-state index contributed by atoms with van der Waals surface area (Å²) in [6, 6.07) is 78.4. The van der Waals surface area contributed by atoms with Crippen molar-refractivity contribution in [1.29, 1.82) is 5.41 Å². The van der Waals surface area contributed by atoms with Crippen molar-refractivity contribution < 1.29 is 0 Å². The Morgan fingerprint density at radius 3 is 1.73 bits per heavy atom. The molecule has 4 nitrogen and oxygen atoms in total. The number of aliphatic imine (C=N–C) groups is 1. The van der Waals surface area contributed by atoms with Gasteiger partial charge in [-0.05, 0) is 116 Å². The smallest absolute Gasteiger partial charge is 0.125 e. The Morgan fingerprint density at radius 1 is 0.476 bits per heavy atom. The summed E-state index contributed by atoms with van der Waals surface area (Å²) in [6.07, 6.45) is -0.0450. The van der Waals surface area contributed by atoms with E-state index in [1.54, 1.807) is 0 Å². The summed E-state index contributed by atoms with van der Waals surface area (Å²) in [7, 11) is 0. The minimum absolute atomic E-state index is 0.0450. The largest absolute Gasteiger partial charge is 0.317 e. The highest BCUT2D eigenvalue weighted by Gasteiger charge is 2.17. The van der Waals surface area contributed by atoms with Crippen LogP contribution in [-0.4, -0.2) is 18.0 Å². The number of aryl methyl sites for hydroxylation is 1. The van der Waals surface area contributed by atoms with Crippen molar-refractivity contribution in [3.63, 3.8) is 0 Å². The second-order valence-corrected chi connectivity index (χ2v) is 15.7. The van der Waals surface area contributed by atoms with Gasteiger partial charge in [0.2, 0.25) is 0 Å². The highest BCUT2D eigenvalue weighted by Crippen LogP contribution is 2.43. The first-order valence-electron chi connectivity index (χ1n) is 21.3. The van der Waals surface area contributed by atoms with Gasteiger partial charge in [-0.15, -0.1) is 0 Å². The van der Waals surface area contributed by atoms with Gasteiger partial charge in [0, 0.05) is 23.0 Å². The van der Waals surface area contributed by atoms with Crippen LogP contribution in [-0.2, 0) is 6.54 Å². The molecule has 1 atom stereocenters.